The third-order valence-corrected chi connectivity index (χ3v) is 2.04. The van der Waals surface area contributed by atoms with Crippen LogP contribution in [0.25, 0.3) is 0 Å². The number of esters is 1. The highest BCUT2D eigenvalue weighted by atomic mass is 16.5. The Morgan fingerprint density at radius 3 is 2.81 bits per heavy atom. The maximum absolute atomic E-state index is 11.3. The topological polar surface area (TPSA) is 107 Å². The molecule has 0 fully saturated rings. The van der Waals surface area contributed by atoms with E-state index in [9.17, 15) is 9.59 Å². The van der Waals surface area contributed by atoms with E-state index in [0.29, 0.717) is 5.56 Å². The van der Waals surface area contributed by atoms with Crippen molar-refractivity contribution in [2.24, 2.45) is 12.8 Å². The maximum Gasteiger partial charge on any atom is 0.358 e. The van der Waals surface area contributed by atoms with Crippen molar-refractivity contribution in [1.82, 2.24) is 9.78 Å². The molecule has 1 heterocycles. The Morgan fingerprint density at radius 1 is 1.69 bits per heavy atom. The Labute approximate surface area is 91.8 Å². The van der Waals surface area contributed by atoms with Crippen LogP contribution in [0.15, 0.2) is 6.20 Å². The summed E-state index contributed by atoms with van der Waals surface area (Å²) >= 11 is 0. The Bertz CT molecular complexity index is 413. The highest BCUT2D eigenvalue weighted by molar-refractivity contribution is 5.89. The first-order valence-electron chi connectivity index (χ1n) is 4.55. The van der Waals surface area contributed by atoms with Crippen LogP contribution in [0.5, 0.6) is 0 Å². The van der Waals surface area contributed by atoms with Gasteiger partial charge < -0.3 is 15.6 Å². The summed E-state index contributed by atoms with van der Waals surface area (Å²) < 4.78 is 5.94. The minimum absolute atomic E-state index is 0.0353. The second kappa shape index (κ2) is 4.75. The number of hydrogen-bond acceptors (Lipinski definition) is 5. The van der Waals surface area contributed by atoms with Crippen LogP contribution in [0.4, 0.5) is 0 Å². The SMILES string of the molecule is COC(=O)c1nn(C)cc1CC(N)C(=O)O. The zero-order valence-corrected chi connectivity index (χ0v) is 9.01. The summed E-state index contributed by atoms with van der Waals surface area (Å²) in [6, 6.07) is -1.06. The molecule has 1 rings (SSSR count). The van der Waals surface area contributed by atoms with Gasteiger partial charge >= 0.3 is 11.9 Å². The summed E-state index contributed by atoms with van der Waals surface area (Å²) in [6.07, 6.45) is 1.59. The van der Waals surface area contributed by atoms with E-state index in [1.165, 1.54) is 11.8 Å². The summed E-state index contributed by atoms with van der Waals surface area (Å²) in [5.74, 6) is -1.73. The second-order valence-corrected chi connectivity index (χ2v) is 3.32. The smallest absolute Gasteiger partial charge is 0.358 e. The van der Waals surface area contributed by atoms with Crippen molar-refractivity contribution < 1.29 is 19.4 Å². The molecule has 1 atom stereocenters. The standard InChI is InChI=1S/C9H13N3O4/c1-12-4-5(3-6(10)8(13)14)7(11-12)9(15)16-2/h4,6H,3,10H2,1-2H3,(H,13,14). The number of aryl methyl sites for hydroxylation is 1. The monoisotopic (exact) mass is 227 g/mol. The van der Waals surface area contributed by atoms with Crippen molar-refractivity contribution in [2.45, 2.75) is 12.5 Å². The Balaban J connectivity index is 2.95. The summed E-state index contributed by atoms with van der Waals surface area (Å²) in [4.78, 5) is 21.9. The second-order valence-electron chi connectivity index (χ2n) is 3.32. The van der Waals surface area contributed by atoms with Crippen molar-refractivity contribution in [3.05, 3.63) is 17.5 Å². The van der Waals surface area contributed by atoms with E-state index < -0.39 is 18.0 Å². The van der Waals surface area contributed by atoms with Crippen LogP contribution >= 0.6 is 0 Å². The van der Waals surface area contributed by atoms with Crippen LogP contribution in [0.1, 0.15) is 16.1 Å². The number of nitrogens with two attached hydrogens (primary N) is 1. The fourth-order valence-electron chi connectivity index (χ4n) is 1.28. The van der Waals surface area contributed by atoms with E-state index in [-0.39, 0.29) is 12.1 Å². The summed E-state index contributed by atoms with van der Waals surface area (Å²) in [6.45, 7) is 0. The lowest BCUT2D eigenvalue weighted by Crippen LogP contribution is -2.32. The molecule has 7 heteroatoms. The molecule has 0 radical (unpaired) electrons. The molecule has 0 aliphatic heterocycles. The van der Waals surface area contributed by atoms with Crippen molar-refractivity contribution in [3.8, 4) is 0 Å². The van der Waals surface area contributed by atoms with E-state index in [1.54, 1.807) is 13.2 Å². The van der Waals surface area contributed by atoms with Gasteiger partial charge in [0.1, 0.15) is 6.04 Å². The molecule has 0 saturated carbocycles. The lowest BCUT2D eigenvalue weighted by molar-refractivity contribution is -0.138. The van der Waals surface area contributed by atoms with E-state index in [2.05, 4.69) is 9.84 Å². The van der Waals surface area contributed by atoms with Gasteiger partial charge in [-0.1, -0.05) is 0 Å². The van der Waals surface area contributed by atoms with Crippen LogP contribution in [0.2, 0.25) is 0 Å². The molecule has 3 N–H and O–H groups in total. The number of nitrogens with zero attached hydrogens (tertiary/aromatic N) is 2. The Kier molecular flexibility index (Phi) is 3.62. The van der Waals surface area contributed by atoms with E-state index in [4.69, 9.17) is 10.8 Å². The number of ether oxygens (including phenoxy) is 1. The van der Waals surface area contributed by atoms with Crippen LogP contribution in [-0.2, 0) is 23.0 Å². The van der Waals surface area contributed by atoms with Crippen LogP contribution < -0.4 is 5.73 Å². The van der Waals surface area contributed by atoms with Gasteiger partial charge in [-0.2, -0.15) is 5.10 Å². The van der Waals surface area contributed by atoms with Gasteiger partial charge in [-0.15, -0.1) is 0 Å². The predicted molar refractivity (Wildman–Crippen MR) is 53.9 cm³/mol. The number of methoxy groups -OCH3 is 1. The molecule has 0 spiro atoms. The van der Waals surface area contributed by atoms with Crippen molar-refractivity contribution in [3.63, 3.8) is 0 Å². The number of carbonyl (C=O) groups is 2. The summed E-state index contributed by atoms with van der Waals surface area (Å²) in [5.41, 5.74) is 5.94. The fourth-order valence-corrected chi connectivity index (χ4v) is 1.28. The number of aliphatic carboxylic acids is 1. The number of aromatic nitrogens is 2. The first-order chi connectivity index (χ1) is 7.45. The molecular formula is C9H13N3O4. The zero-order chi connectivity index (χ0) is 12.3. The third kappa shape index (κ3) is 2.57. The van der Waals surface area contributed by atoms with Gasteiger partial charge in [0.05, 0.1) is 7.11 Å². The number of rotatable bonds is 4. The van der Waals surface area contributed by atoms with Gasteiger partial charge in [-0.05, 0) is 0 Å². The third-order valence-electron chi connectivity index (χ3n) is 2.04. The van der Waals surface area contributed by atoms with Gasteiger partial charge in [0.25, 0.3) is 0 Å². The van der Waals surface area contributed by atoms with Gasteiger partial charge in [0.15, 0.2) is 5.69 Å². The van der Waals surface area contributed by atoms with Crippen LogP contribution in [0.3, 0.4) is 0 Å². The van der Waals surface area contributed by atoms with Gasteiger partial charge in [0.2, 0.25) is 0 Å². The molecular weight excluding hydrogens is 214 g/mol. The molecule has 0 saturated heterocycles. The molecule has 0 aliphatic rings. The first kappa shape index (κ1) is 12.2. The Hall–Kier alpha value is -1.89. The Morgan fingerprint density at radius 2 is 2.31 bits per heavy atom. The number of carbonyl (C=O) groups excluding carboxylic acids is 1. The van der Waals surface area contributed by atoms with Gasteiger partial charge in [-0.25, -0.2) is 4.79 Å². The summed E-state index contributed by atoms with van der Waals surface area (Å²) in [7, 11) is 2.86. The quantitative estimate of drug-likeness (QED) is 0.649. The fraction of sp³-hybridized carbons (Fsp3) is 0.444. The minimum Gasteiger partial charge on any atom is -0.480 e. The normalized spacial score (nSPS) is 12.2. The van der Waals surface area contributed by atoms with Gasteiger partial charge in [0, 0.05) is 25.2 Å². The van der Waals surface area contributed by atoms with E-state index in [1.807, 2.05) is 0 Å². The molecule has 7 nitrogen and oxygen atoms in total. The highest BCUT2D eigenvalue weighted by Crippen LogP contribution is 2.10. The number of carboxylic acids is 1. The van der Waals surface area contributed by atoms with Crippen LogP contribution in [-0.4, -0.2) is 40.0 Å². The molecule has 88 valence electrons. The zero-order valence-electron chi connectivity index (χ0n) is 9.01. The predicted octanol–water partition coefficient (Wildman–Crippen LogP) is -0.839. The average Bonchev–Trinajstić information content (AvgIpc) is 2.58. The van der Waals surface area contributed by atoms with E-state index in [0.717, 1.165) is 0 Å². The van der Waals surface area contributed by atoms with E-state index >= 15 is 0 Å². The molecule has 0 aliphatic carbocycles. The van der Waals surface area contributed by atoms with Crippen molar-refractivity contribution in [2.75, 3.05) is 7.11 Å². The van der Waals surface area contributed by atoms with Crippen molar-refractivity contribution in [1.29, 1.82) is 0 Å². The number of hydrogen-bond donors (Lipinski definition) is 2. The highest BCUT2D eigenvalue weighted by Gasteiger charge is 2.21. The van der Waals surface area contributed by atoms with Gasteiger partial charge in [-0.3, -0.25) is 9.48 Å². The van der Waals surface area contributed by atoms with Crippen LogP contribution in [0, 0.1) is 0 Å². The molecule has 0 aromatic carbocycles. The largest absolute Gasteiger partial charge is 0.480 e. The summed E-state index contributed by atoms with van der Waals surface area (Å²) in [5, 5.41) is 12.6. The lowest BCUT2D eigenvalue weighted by atomic mass is 10.1. The molecule has 0 bridgehead atoms. The number of carboxylic acid groups (broad SMARTS) is 1. The minimum atomic E-state index is -1.13. The first-order valence-corrected chi connectivity index (χ1v) is 4.55. The maximum atomic E-state index is 11.3. The average molecular weight is 227 g/mol. The molecule has 16 heavy (non-hydrogen) atoms. The molecule has 1 aromatic rings. The lowest BCUT2D eigenvalue weighted by Gasteiger charge is -2.04. The molecule has 0 amide bonds. The molecule has 1 aromatic heterocycles. The van der Waals surface area contributed by atoms with Crippen molar-refractivity contribution >= 4 is 11.9 Å². The molecule has 1 unspecified atom stereocenters.